The van der Waals surface area contributed by atoms with Gasteiger partial charge in [0.25, 0.3) is 0 Å². The predicted octanol–water partition coefficient (Wildman–Crippen LogP) is 3.10. The van der Waals surface area contributed by atoms with Crippen LogP contribution >= 0.6 is 11.3 Å². The molecule has 4 nitrogen and oxygen atoms in total. The summed E-state index contributed by atoms with van der Waals surface area (Å²) in [5.41, 5.74) is 2.01. The number of hydrogen-bond acceptors (Lipinski definition) is 4. The minimum atomic E-state index is -0.0262. The lowest BCUT2D eigenvalue weighted by Gasteiger charge is -2.16. The summed E-state index contributed by atoms with van der Waals surface area (Å²) in [5.74, 6) is -0.00193. The van der Waals surface area contributed by atoms with Gasteiger partial charge in [0.15, 0.2) is 5.78 Å². The van der Waals surface area contributed by atoms with Crippen LogP contribution in [0.2, 0.25) is 0 Å². The lowest BCUT2D eigenvalue weighted by molar-refractivity contribution is -0.121. The van der Waals surface area contributed by atoms with Crippen molar-refractivity contribution < 1.29 is 9.59 Å². The molecule has 1 saturated heterocycles. The van der Waals surface area contributed by atoms with Gasteiger partial charge in [-0.3, -0.25) is 14.5 Å². The van der Waals surface area contributed by atoms with E-state index in [1.165, 1.54) is 5.56 Å². The van der Waals surface area contributed by atoms with Crippen LogP contribution in [0.1, 0.15) is 35.2 Å². The number of carbonyl (C=O) groups is 2. The Labute approximate surface area is 146 Å². The molecule has 5 heteroatoms. The monoisotopic (exact) mass is 342 g/mol. The molecule has 1 aromatic heterocycles. The molecule has 0 radical (unpaired) electrons. The molecule has 0 bridgehead atoms. The number of nitrogens with one attached hydrogen (secondary N) is 1. The zero-order valence-electron chi connectivity index (χ0n) is 13.6. The summed E-state index contributed by atoms with van der Waals surface area (Å²) in [5, 5.41) is 7.32. The molecule has 1 amide bonds. The Kier molecular flexibility index (Phi) is 5.77. The largest absolute Gasteiger partial charge is 0.352 e. The average molecular weight is 342 g/mol. The zero-order valence-corrected chi connectivity index (χ0v) is 14.4. The molecule has 1 aromatic carbocycles. The second-order valence-corrected chi connectivity index (χ2v) is 6.99. The van der Waals surface area contributed by atoms with Crippen molar-refractivity contribution >= 4 is 23.0 Å². The first kappa shape index (κ1) is 16.9. The van der Waals surface area contributed by atoms with Gasteiger partial charge >= 0.3 is 0 Å². The molecule has 2 heterocycles. The lowest BCUT2D eigenvalue weighted by atomic mass is 10.1. The number of likely N-dealkylation sites (tertiary alicyclic amines) is 1. The Morgan fingerprint density at radius 1 is 1.17 bits per heavy atom. The highest BCUT2D eigenvalue weighted by atomic mass is 32.1. The van der Waals surface area contributed by atoms with E-state index in [2.05, 4.69) is 27.0 Å². The van der Waals surface area contributed by atoms with Crippen molar-refractivity contribution in [3.8, 4) is 0 Å². The topological polar surface area (TPSA) is 49.4 Å². The number of carbonyl (C=O) groups excluding carboxylic acids is 2. The van der Waals surface area contributed by atoms with Crippen molar-refractivity contribution in [2.75, 3.05) is 13.1 Å². The molecule has 1 aliphatic heterocycles. The van der Waals surface area contributed by atoms with E-state index < -0.39 is 0 Å². The first-order valence-corrected chi connectivity index (χ1v) is 9.26. The molecule has 24 heavy (non-hydrogen) atoms. The summed E-state index contributed by atoms with van der Waals surface area (Å²) >= 11 is 1.71. The minimum Gasteiger partial charge on any atom is -0.352 e. The normalized spacial score (nSPS) is 17.8. The SMILES string of the molecule is O=C(CCC(=O)c1ccccc1)NC1CCN(Cc2ccsc2)C1. The Morgan fingerprint density at radius 3 is 2.75 bits per heavy atom. The van der Waals surface area contributed by atoms with E-state index in [4.69, 9.17) is 0 Å². The van der Waals surface area contributed by atoms with E-state index in [0.717, 1.165) is 26.1 Å². The Balaban J connectivity index is 1.39. The van der Waals surface area contributed by atoms with Crippen LogP contribution in [0.5, 0.6) is 0 Å². The van der Waals surface area contributed by atoms with E-state index in [0.29, 0.717) is 5.56 Å². The minimum absolute atomic E-state index is 0.0243. The number of Topliss-reactive ketones (excluding diaryl/α,β-unsaturated/α-hetero) is 1. The molecule has 2 aromatic rings. The van der Waals surface area contributed by atoms with Crippen molar-refractivity contribution in [1.29, 1.82) is 0 Å². The number of amides is 1. The highest BCUT2D eigenvalue weighted by molar-refractivity contribution is 7.07. The van der Waals surface area contributed by atoms with Crippen molar-refractivity contribution in [3.63, 3.8) is 0 Å². The van der Waals surface area contributed by atoms with Crippen LogP contribution in [0.15, 0.2) is 47.2 Å². The third-order valence-electron chi connectivity index (χ3n) is 4.30. The van der Waals surface area contributed by atoms with Gasteiger partial charge in [-0.15, -0.1) is 0 Å². The fourth-order valence-electron chi connectivity index (χ4n) is 3.03. The Morgan fingerprint density at radius 2 is 2.00 bits per heavy atom. The third-order valence-corrected chi connectivity index (χ3v) is 5.03. The van der Waals surface area contributed by atoms with Gasteiger partial charge < -0.3 is 5.32 Å². The molecule has 1 N–H and O–H groups in total. The maximum atomic E-state index is 12.1. The summed E-state index contributed by atoms with van der Waals surface area (Å²) in [6, 6.07) is 11.5. The van der Waals surface area contributed by atoms with Gasteiger partial charge in [-0.05, 0) is 28.8 Å². The standard InChI is InChI=1S/C19H22N2O2S/c22-18(16-4-2-1-3-5-16)6-7-19(23)20-17-8-10-21(13-17)12-15-9-11-24-14-15/h1-5,9,11,14,17H,6-8,10,12-13H2,(H,20,23). The van der Waals surface area contributed by atoms with Crippen molar-refractivity contribution in [3.05, 3.63) is 58.3 Å². The highest BCUT2D eigenvalue weighted by Crippen LogP contribution is 2.15. The molecule has 1 unspecified atom stereocenters. The second kappa shape index (κ2) is 8.22. The Hall–Kier alpha value is -1.98. The van der Waals surface area contributed by atoms with Crippen molar-refractivity contribution in [2.24, 2.45) is 0 Å². The van der Waals surface area contributed by atoms with Gasteiger partial charge in [-0.1, -0.05) is 30.3 Å². The maximum absolute atomic E-state index is 12.1. The van der Waals surface area contributed by atoms with Gasteiger partial charge in [-0.2, -0.15) is 11.3 Å². The molecule has 126 valence electrons. The maximum Gasteiger partial charge on any atom is 0.220 e. The summed E-state index contributed by atoms with van der Waals surface area (Å²) in [4.78, 5) is 26.5. The van der Waals surface area contributed by atoms with Gasteiger partial charge in [0.2, 0.25) is 5.91 Å². The van der Waals surface area contributed by atoms with Gasteiger partial charge in [0.05, 0.1) is 0 Å². The van der Waals surface area contributed by atoms with Gasteiger partial charge in [0.1, 0.15) is 0 Å². The molecule has 0 spiro atoms. The van der Waals surface area contributed by atoms with Crippen LogP contribution in [0.25, 0.3) is 0 Å². The predicted molar refractivity (Wildman–Crippen MR) is 96.2 cm³/mol. The first-order valence-electron chi connectivity index (χ1n) is 8.32. The van der Waals surface area contributed by atoms with Crippen molar-refractivity contribution in [1.82, 2.24) is 10.2 Å². The average Bonchev–Trinajstić information content (AvgIpc) is 3.26. The van der Waals surface area contributed by atoms with E-state index >= 15 is 0 Å². The van der Waals surface area contributed by atoms with Crippen molar-refractivity contribution in [2.45, 2.75) is 31.8 Å². The number of thiophene rings is 1. The Bertz CT molecular complexity index is 670. The molecule has 0 aliphatic carbocycles. The molecular weight excluding hydrogens is 320 g/mol. The number of nitrogens with zero attached hydrogens (tertiary/aromatic N) is 1. The second-order valence-electron chi connectivity index (χ2n) is 6.21. The summed E-state index contributed by atoms with van der Waals surface area (Å²) in [6.07, 6.45) is 1.50. The molecule has 1 aliphatic rings. The van der Waals surface area contributed by atoms with E-state index in [-0.39, 0.29) is 30.6 Å². The first-order chi connectivity index (χ1) is 11.7. The smallest absolute Gasteiger partial charge is 0.220 e. The van der Waals surface area contributed by atoms with Gasteiger partial charge in [0, 0.05) is 44.1 Å². The fourth-order valence-corrected chi connectivity index (χ4v) is 3.69. The van der Waals surface area contributed by atoms with Crippen LogP contribution in [0, 0.1) is 0 Å². The summed E-state index contributed by atoms with van der Waals surface area (Å²) in [7, 11) is 0. The van der Waals surface area contributed by atoms with E-state index in [1.54, 1.807) is 23.5 Å². The number of benzene rings is 1. The van der Waals surface area contributed by atoms with Crippen LogP contribution < -0.4 is 5.32 Å². The van der Waals surface area contributed by atoms with Crippen LogP contribution in [0.3, 0.4) is 0 Å². The lowest BCUT2D eigenvalue weighted by Crippen LogP contribution is -2.37. The number of rotatable bonds is 7. The van der Waals surface area contributed by atoms with Crippen LogP contribution in [0.4, 0.5) is 0 Å². The van der Waals surface area contributed by atoms with E-state index in [9.17, 15) is 9.59 Å². The highest BCUT2D eigenvalue weighted by Gasteiger charge is 2.24. The zero-order chi connectivity index (χ0) is 16.8. The van der Waals surface area contributed by atoms with Crippen LogP contribution in [-0.2, 0) is 11.3 Å². The number of ketones is 1. The summed E-state index contributed by atoms with van der Waals surface area (Å²) < 4.78 is 0. The molecule has 3 rings (SSSR count). The quantitative estimate of drug-likeness (QED) is 0.787. The molecule has 0 saturated carbocycles. The third kappa shape index (κ3) is 4.76. The molecule has 1 atom stereocenters. The summed E-state index contributed by atoms with van der Waals surface area (Å²) in [6.45, 7) is 2.83. The molecular formula is C19H22N2O2S. The van der Waals surface area contributed by atoms with Crippen LogP contribution in [-0.4, -0.2) is 35.7 Å². The van der Waals surface area contributed by atoms with Gasteiger partial charge in [-0.25, -0.2) is 0 Å². The number of hydrogen-bond donors (Lipinski definition) is 1. The van der Waals surface area contributed by atoms with E-state index in [1.807, 2.05) is 18.2 Å². The fraction of sp³-hybridized carbons (Fsp3) is 0.368. The molecule has 1 fully saturated rings.